The van der Waals surface area contributed by atoms with Crippen LogP contribution in [0.4, 0.5) is 23.0 Å². The van der Waals surface area contributed by atoms with Crippen LogP contribution in [0.2, 0.25) is 0 Å². The van der Waals surface area contributed by atoms with E-state index in [0.717, 1.165) is 28.6 Å². The van der Waals surface area contributed by atoms with Crippen molar-refractivity contribution in [2.45, 2.75) is 6.92 Å². The lowest BCUT2D eigenvalue weighted by Gasteiger charge is -2.11. The van der Waals surface area contributed by atoms with Gasteiger partial charge in [-0.15, -0.1) is 0 Å². The fourth-order valence-electron chi connectivity index (χ4n) is 2.67. The second-order valence-electron chi connectivity index (χ2n) is 5.74. The van der Waals surface area contributed by atoms with Gasteiger partial charge in [-0.3, -0.25) is 0 Å². The average Bonchev–Trinajstić information content (AvgIpc) is 3.09. The maximum atomic E-state index is 5.41. The van der Waals surface area contributed by atoms with Gasteiger partial charge in [0, 0.05) is 29.6 Å². The lowest BCUT2D eigenvalue weighted by molar-refractivity contribution is 0.174. The molecule has 7 heteroatoms. The molecule has 0 saturated heterocycles. The molecule has 132 valence electrons. The van der Waals surface area contributed by atoms with E-state index in [9.17, 15) is 0 Å². The van der Waals surface area contributed by atoms with Crippen LogP contribution < -0.4 is 24.8 Å². The van der Waals surface area contributed by atoms with Gasteiger partial charge < -0.3 is 24.8 Å². The molecule has 0 aliphatic carbocycles. The van der Waals surface area contributed by atoms with Gasteiger partial charge in [0.15, 0.2) is 11.5 Å². The second kappa shape index (κ2) is 6.79. The number of nitrogens with one attached hydrogen (secondary N) is 2. The van der Waals surface area contributed by atoms with Crippen LogP contribution >= 0.6 is 0 Å². The molecule has 0 atom stereocenters. The number of aryl methyl sites for hydroxylation is 1. The zero-order valence-corrected chi connectivity index (χ0v) is 14.4. The van der Waals surface area contributed by atoms with E-state index in [0.29, 0.717) is 17.5 Å². The Morgan fingerprint density at radius 1 is 0.885 bits per heavy atom. The third-order valence-electron chi connectivity index (χ3n) is 3.83. The molecule has 2 aromatic carbocycles. The van der Waals surface area contributed by atoms with E-state index < -0.39 is 0 Å². The number of nitrogens with zero attached hydrogens (tertiary/aromatic N) is 2. The van der Waals surface area contributed by atoms with E-state index in [2.05, 4.69) is 20.6 Å². The number of hydrogen-bond acceptors (Lipinski definition) is 7. The third kappa shape index (κ3) is 3.46. The molecule has 2 N–H and O–H groups in total. The topological polar surface area (TPSA) is 77.5 Å². The molecular weight excluding hydrogens is 332 g/mol. The van der Waals surface area contributed by atoms with E-state index in [4.69, 9.17) is 14.2 Å². The zero-order chi connectivity index (χ0) is 17.9. The lowest BCUT2D eigenvalue weighted by Crippen LogP contribution is -2.01. The predicted molar refractivity (Wildman–Crippen MR) is 98.9 cm³/mol. The number of hydrogen-bond donors (Lipinski definition) is 2. The van der Waals surface area contributed by atoms with Gasteiger partial charge in [-0.05, 0) is 31.2 Å². The molecule has 0 amide bonds. The second-order valence-corrected chi connectivity index (χ2v) is 5.74. The SMILES string of the molecule is COc1cccc(Nc2cc(Nc3ccc4c(c3)OCO4)nc(C)n2)c1. The quantitative estimate of drug-likeness (QED) is 0.720. The van der Waals surface area contributed by atoms with E-state index in [1.807, 2.05) is 55.5 Å². The fourth-order valence-corrected chi connectivity index (χ4v) is 2.67. The first-order valence-electron chi connectivity index (χ1n) is 8.13. The molecule has 3 aromatic rings. The first-order valence-corrected chi connectivity index (χ1v) is 8.13. The first-order chi connectivity index (χ1) is 12.7. The highest BCUT2D eigenvalue weighted by Crippen LogP contribution is 2.35. The highest BCUT2D eigenvalue weighted by atomic mass is 16.7. The summed E-state index contributed by atoms with van der Waals surface area (Å²) >= 11 is 0. The number of aromatic nitrogens is 2. The number of benzene rings is 2. The van der Waals surface area contributed by atoms with Gasteiger partial charge in [0.05, 0.1) is 7.11 Å². The molecule has 1 aliphatic rings. The van der Waals surface area contributed by atoms with Crippen LogP contribution in [0, 0.1) is 6.92 Å². The normalized spacial score (nSPS) is 11.9. The van der Waals surface area contributed by atoms with Gasteiger partial charge >= 0.3 is 0 Å². The summed E-state index contributed by atoms with van der Waals surface area (Å²) in [7, 11) is 1.64. The third-order valence-corrected chi connectivity index (χ3v) is 3.83. The summed E-state index contributed by atoms with van der Waals surface area (Å²) in [5.74, 6) is 4.27. The standard InChI is InChI=1S/C19H18N4O3/c1-12-20-18(22-13-4-3-5-15(8-13)24-2)10-19(21-12)23-14-6-7-16-17(9-14)26-11-25-16/h3-10H,11H2,1-2H3,(H2,20,21,22,23). The molecular formula is C19H18N4O3. The molecule has 0 fully saturated rings. The van der Waals surface area contributed by atoms with Crippen LogP contribution in [-0.4, -0.2) is 23.9 Å². The molecule has 0 radical (unpaired) electrons. The molecule has 4 rings (SSSR count). The van der Waals surface area contributed by atoms with Gasteiger partial charge in [-0.1, -0.05) is 6.07 Å². The Kier molecular flexibility index (Phi) is 4.18. The van der Waals surface area contributed by atoms with Gasteiger partial charge in [0.25, 0.3) is 0 Å². The Hall–Kier alpha value is -3.48. The highest BCUT2D eigenvalue weighted by Gasteiger charge is 2.13. The van der Waals surface area contributed by atoms with Crippen LogP contribution in [0.25, 0.3) is 0 Å². The minimum Gasteiger partial charge on any atom is -0.497 e. The fraction of sp³-hybridized carbons (Fsp3) is 0.158. The molecule has 1 aliphatic heterocycles. The van der Waals surface area contributed by atoms with Crippen LogP contribution in [0.3, 0.4) is 0 Å². The molecule has 1 aromatic heterocycles. The summed E-state index contributed by atoms with van der Waals surface area (Å²) in [5, 5.41) is 6.54. The maximum Gasteiger partial charge on any atom is 0.231 e. The smallest absolute Gasteiger partial charge is 0.231 e. The Morgan fingerprint density at radius 3 is 2.38 bits per heavy atom. The number of anilines is 4. The van der Waals surface area contributed by atoms with E-state index >= 15 is 0 Å². The van der Waals surface area contributed by atoms with E-state index in [-0.39, 0.29) is 6.79 Å². The van der Waals surface area contributed by atoms with Crippen LogP contribution in [0.5, 0.6) is 17.2 Å². The van der Waals surface area contributed by atoms with Crippen molar-refractivity contribution in [2.75, 3.05) is 24.5 Å². The van der Waals surface area contributed by atoms with Gasteiger partial charge in [-0.25, -0.2) is 9.97 Å². The number of ether oxygens (including phenoxy) is 3. The maximum absolute atomic E-state index is 5.41. The molecule has 0 unspecified atom stereocenters. The lowest BCUT2D eigenvalue weighted by atomic mass is 10.2. The Bertz CT molecular complexity index is 946. The summed E-state index contributed by atoms with van der Waals surface area (Å²) in [4.78, 5) is 8.88. The largest absolute Gasteiger partial charge is 0.497 e. The van der Waals surface area contributed by atoms with Gasteiger partial charge in [0.1, 0.15) is 23.2 Å². The number of methoxy groups -OCH3 is 1. The Balaban J connectivity index is 1.56. The van der Waals surface area contributed by atoms with Crippen LogP contribution in [0.1, 0.15) is 5.82 Å². The Labute approximate surface area is 151 Å². The molecule has 2 heterocycles. The average molecular weight is 350 g/mol. The molecule has 0 saturated carbocycles. The molecule has 0 bridgehead atoms. The number of rotatable bonds is 5. The first kappa shape index (κ1) is 16.0. The van der Waals surface area contributed by atoms with E-state index in [1.54, 1.807) is 7.11 Å². The van der Waals surface area contributed by atoms with Crippen LogP contribution in [-0.2, 0) is 0 Å². The van der Waals surface area contributed by atoms with Gasteiger partial charge in [-0.2, -0.15) is 0 Å². The summed E-state index contributed by atoms with van der Waals surface area (Å²) in [6.07, 6.45) is 0. The highest BCUT2D eigenvalue weighted by molar-refractivity contribution is 5.66. The predicted octanol–water partition coefficient (Wildman–Crippen LogP) is 4.01. The van der Waals surface area contributed by atoms with Crippen molar-refractivity contribution in [1.29, 1.82) is 0 Å². The summed E-state index contributed by atoms with van der Waals surface area (Å²) in [5.41, 5.74) is 1.75. The zero-order valence-electron chi connectivity index (χ0n) is 14.4. The molecule has 26 heavy (non-hydrogen) atoms. The Morgan fingerprint density at radius 2 is 1.62 bits per heavy atom. The monoisotopic (exact) mass is 350 g/mol. The van der Waals surface area contributed by atoms with Crippen LogP contribution in [0.15, 0.2) is 48.5 Å². The van der Waals surface area contributed by atoms with Gasteiger partial charge in [0.2, 0.25) is 6.79 Å². The minimum absolute atomic E-state index is 0.250. The molecule has 7 nitrogen and oxygen atoms in total. The summed E-state index contributed by atoms with van der Waals surface area (Å²) < 4.78 is 16.0. The van der Waals surface area contributed by atoms with Crippen molar-refractivity contribution in [3.63, 3.8) is 0 Å². The summed E-state index contributed by atoms with van der Waals surface area (Å²) in [6.45, 7) is 2.10. The minimum atomic E-state index is 0.250. The number of fused-ring (bicyclic) bond motifs is 1. The van der Waals surface area contributed by atoms with E-state index in [1.165, 1.54) is 0 Å². The van der Waals surface area contributed by atoms with Crippen molar-refractivity contribution in [1.82, 2.24) is 9.97 Å². The van der Waals surface area contributed by atoms with Crippen molar-refractivity contribution in [2.24, 2.45) is 0 Å². The molecule has 0 spiro atoms. The van der Waals surface area contributed by atoms with Crippen molar-refractivity contribution < 1.29 is 14.2 Å². The van der Waals surface area contributed by atoms with Crippen molar-refractivity contribution in [3.8, 4) is 17.2 Å². The summed E-state index contributed by atoms with van der Waals surface area (Å²) in [6, 6.07) is 15.2. The van der Waals surface area contributed by atoms with Crippen molar-refractivity contribution in [3.05, 3.63) is 54.4 Å². The van der Waals surface area contributed by atoms with Crippen molar-refractivity contribution >= 4 is 23.0 Å².